The summed E-state index contributed by atoms with van der Waals surface area (Å²) in [6.07, 6.45) is 0.357. The van der Waals surface area contributed by atoms with Gasteiger partial charge in [-0.15, -0.1) is 34.0 Å². The maximum Gasteiger partial charge on any atom is 0.228 e. The van der Waals surface area contributed by atoms with Crippen LogP contribution in [0, 0.1) is 0 Å². The Hall–Kier alpha value is -0.960. The summed E-state index contributed by atoms with van der Waals surface area (Å²) < 4.78 is 1.58. The van der Waals surface area contributed by atoms with Gasteiger partial charge < -0.3 is 4.90 Å². The largest absolute Gasteiger partial charge is 0.340 e. The highest BCUT2D eigenvalue weighted by Gasteiger charge is 2.22. The van der Waals surface area contributed by atoms with Crippen LogP contribution in [0.3, 0.4) is 0 Å². The molecule has 9 heteroatoms. The first-order valence-corrected chi connectivity index (χ1v) is 11.8. The van der Waals surface area contributed by atoms with Crippen LogP contribution >= 0.6 is 57.2 Å². The lowest BCUT2D eigenvalue weighted by Gasteiger charge is -2.34. The average Bonchev–Trinajstić information content (AvgIpc) is 3.37. The van der Waals surface area contributed by atoms with Gasteiger partial charge >= 0.3 is 0 Å². The second-order valence-corrected chi connectivity index (χ2v) is 10.7. The molecule has 0 N–H and O–H groups in total. The lowest BCUT2D eigenvalue weighted by Crippen LogP contribution is -2.48. The van der Waals surface area contributed by atoms with Crippen LogP contribution < -0.4 is 0 Å². The Kier molecular flexibility index (Phi) is 6.16. The second kappa shape index (κ2) is 8.59. The van der Waals surface area contributed by atoms with Gasteiger partial charge in [0.2, 0.25) is 5.91 Å². The monoisotopic (exact) mass is 457 g/mol. The third kappa shape index (κ3) is 4.91. The molecule has 1 fully saturated rings. The smallest absolute Gasteiger partial charge is 0.228 e. The quantitative estimate of drug-likeness (QED) is 0.532. The molecule has 0 atom stereocenters. The number of rotatable bonds is 5. The molecule has 0 saturated carbocycles. The van der Waals surface area contributed by atoms with Crippen molar-refractivity contribution in [2.24, 2.45) is 0 Å². The molecule has 1 amide bonds. The first kappa shape index (κ1) is 19.4. The van der Waals surface area contributed by atoms with E-state index in [2.05, 4.69) is 16.0 Å². The number of nitrogens with zero attached hydrogens (tertiary/aromatic N) is 3. The molecule has 0 aromatic carbocycles. The Morgan fingerprint density at radius 3 is 2.44 bits per heavy atom. The van der Waals surface area contributed by atoms with Crippen LogP contribution in [0.25, 0.3) is 9.88 Å². The molecule has 0 aliphatic carbocycles. The van der Waals surface area contributed by atoms with Crippen LogP contribution in [0.4, 0.5) is 0 Å². The first-order chi connectivity index (χ1) is 13.1. The molecule has 142 valence electrons. The van der Waals surface area contributed by atoms with Crippen LogP contribution in [-0.4, -0.2) is 46.9 Å². The molecule has 3 aromatic heterocycles. The highest BCUT2D eigenvalue weighted by Crippen LogP contribution is 2.33. The number of thiazole rings is 1. The van der Waals surface area contributed by atoms with Crippen LogP contribution in [0.2, 0.25) is 8.67 Å². The minimum atomic E-state index is 0.148. The van der Waals surface area contributed by atoms with Gasteiger partial charge in [-0.3, -0.25) is 9.69 Å². The molecule has 0 unspecified atom stereocenters. The topological polar surface area (TPSA) is 36.4 Å². The number of hydrogen-bond donors (Lipinski definition) is 0. The van der Waals surface area contributed by atoms with E-state index in [1.807, 2.05) is 28.5 Å². The maximum absolute atomic E-state index is 12.6. The van der Waals surface area contributed by atoms with Crippen LogP contribution in [-0.2, 0) is 17.8 Å². The predicted octanol–water partition coefficient (Wildman–Crippen LogP) is 5.13. The van der Waals surface area contributed by atoms with Crippen LogP contribution in [0.5, 0.6) is 0 Å². The Bertz CT molecular complexity index is 928. The molecule has 0 bridgehead atoms. The summed E-state index contributed by atoms with van der Waals surface area (Å²) in [6, 6.07) is 7.85. The molecular formula is C18H17Cl2N3OS3. The van der Waals surface area contributed by atoms with Crippen molar-refractivity contribution < 1.29 is 4.79 Å². The van der Waals surface area contributed by atoms with Crippen molar-refractivity contribution >= 4 is 63.1 Å². The van der Waals surface area contributed by atoms with Gasteiger partial charge in [0.05, 0.1) is 25.7 Å². The second-order valence-electron chi connectivity index (χ2n) is 6.29. The van der Waals surface area contributed by atoms with Gasteiger partial charge in [0, 0.05) is 43.0 Å². The van der Waals surface area contributed by atoms with Gasteiger partial charge in [-0.1, -0.05) is 23.2 Å². The minimum Gasteiger partial charge on any atom is -0.340 e. The molecule has 0 spiro atoms. The molecule has 0 radical (unpaired) electrons. The third-order valence-corrected chi connectivity index (χ3v) is 7.91. The number of piperazine rings is 1. The maximum atomic E-state index is 12.6. The third-order valence-electron chi connectivity index (χ3n) is 4.40. The van der Waals surface area contributed by atoms with Crippen molar-refractivity contribution in [2.45, 2.75) is 13.0 Å². The minimum absolute atomic E-state index is 0.148. The summed E-state index contributed by atoms with van der Waals surface area (Å²) in [6.45, 7) is 4.19. The van der Waals surface area contributed by atoms with Crippen molar-refractivity contribution in [1.29, 1.82) is 0 Å². The van der Waals surface area contributed by atoms with Crippen molar-refractivity contribution in [3.05, 3.63) is 48.9 Å². The van der Waals surface area contributed by atoms with Crippen molar-refractivity contribution in [3.63, 3.8) is 0 Å². The number of thiophene rings is 2. The normalized spacial score (nSPS) is 15.4. The van der Waals surface area contributed by atoms with E-state index in [0.717, 1.165) is 57.0 Å². The number of carbonyl (C=O) groups is 1. The van der Waals surface area contributed by atoms with E-state index in [1.165, 1.54) is 16.2 Å². The number of aromatic nitrogens is 1. The van der Waals surface area contributed by atoms with E-state index >= 15 is 0 Å². The SMILES string of the molecule is O=C(Cc1csc(-c2ccc(Cl)s2)n1)N1CCN(Cc2ccc(Cl)s2)CC1. The van der Waals surface area contributed by atoms with E-state index in [-0.39, 0.29) is 5.91 Å². The van der Waals surface area contributed by atoms with Crippen molar-refractivity contribution in [2.75, 3.05) is 26.2 Å². The summed E-state index contributed by atoms with van der Waals surface area (Å²) in [5, 5.41) is 2.90. The molecule has 3 aromatic rings. The number of hydrogen-bond acceptors (Lipinski definition) is 6. The Morgan fingerprint density at radius 2 is 1.78 bits per heavy atom. The lowest BCUT2D eigenvalue weighted by atomic mass is 10.2. The van der Waals surface area contributed by atoms with Gasteiger partial charge in [0.25, 0.3) is 0 Å². The summed E-state index contributed by atoms with van der Waals surface area (Å²) in [4.78, 5) is 23.9. The van der Waals surface area contributed by atoms with Gasteiger partial charge in [-0.05, 0) is 24.3 Å². The van der Waals surface area contributed by atoms with E-state index in [4.69, 9.17) is 23.2 Å². The highest BCUT2D eigenvalue weighted by molar-refractivity contribution is 7.23. The van der Waals surface area contributed by atoms with Gasteiger partial charge in [0.1, 0.15) is 5.01 Å². The van der Waals surface area contributed by atoms with Gasteiger partial charge in [-0.2, -0.15) is 0 Å². The zero-order valence-electron chi connectivity index (χ0n) is 14.4. The first-order valence-electron chi connectivity index (χ1n) is 8.51. The molecule has 1 saturated heterocycles. The summed E-state index contributed by atoms with van der Waals surface area (Å²) in [5.74, 6) is 0.148. The molecular weight excluding hydrogens is 441 g/mol. The Labute approximate surface area is 180 Å². The van der Waals surface area contributed by atoms with Crippen molar-refractivity contribution in [1.82, 2.24) is 14.8 Å². The average molecular weight is 458 g/mol. The van der Waals surface area contributed by atoms with Crippen molar-refractivity contribution in [3.8, 4) is 9.88 Å². The fourth-order valence-electron chi connectivity index (χ4n) is 3.01. The fraction of sp³-hybridized carbons (Fsp3) is 0.333. The molecule has 4 heterocycles. The fourth-order valence-corrected chi connectivity index (χ4v) is 6.07. The summed E-state index contributed by atoms with van der Waals surface area (Å²) >= 11 is 16.7. The highest BCUT2D eigenvalue weighted by atomic mass is 35.5. The Balaban J connectivity index is 1.29. The standard InChI is InChI=1S/C18H17Cl2N3OS3/c19-15-3-1-13(26-15)10-22-5-7-23(8-6-22)17(24)9-12-11-25-18(21-12)14-2-4-16(20)27-14/h1-4,11H,5-10H2. The summed E-state index contributed by atoms with van der Waals surface area (Å²) in [7, 11) is 0. The zero-order valence-corrected chi connectivity index (χ0v) is 18.3. The van der Waals surface area contributed by atoms with E-state index in [9.17, 15) is 4.79 Å². The van der Waals surface area contributed by atoms with Gasteiger partial charge in [-0.25, -0.2) is 4.98 Å². The molecule has 27 heavy (non-hydrogen) atoms. The number of amides is 1. The van der Waals surface area contributed by atoms with E-state index in [0.29, 0.717) is 6.42 Å². The molecule has 1 aliphatic rings. The van der Waals surface area contributed by atoms with Gasteiger partial charge in [0.15, 0.2) is 0 Å². The number of carbonyl (C=O) groups excluding carboxylic acids is 1. The van der Waals surface area contributed by atoms with Crippen LogP contribution in [0.1, 0.15) is 10.6 Å². The van der Waals surface area contributed by atoms with E-state index < -0.39 is 0 Å². The van der Waals surface area contributed by atoms with E-state index in [1.54, 1.807) is 22.7 Å². The predicted molar refractivity (Wildman–Crippen MR) is 115 cm³/mol. The Morgan fingerprint density at radius 1 is 1.04 bits per heavy atom. The summed E-state index contributed by atoms with van der Waals surface area (Å²) in [5.41, 5.74) is 0.833. The number of halogens is 2. The molecule has 4 rings (SSSR count). The molecule has 1 aliphatic heterocycles. The molecule has 4 nitrogen and oxygen atoms in total. The zero-order chi connectivity index (χ0) is 18.8. The van der Waals surface area contributed by atoms with Crippen LogP contribution in [0.15, 0.2) is 29.6 Å². The lowest BCUT2D eigenvalue weighted by molar-refractivity contribution is -0.132.